The van der Waals surface area contributed by atoms with Crippen LogP contribution in [0.15, 0.2) is 18.7 Å². The second kappa shape index (κ2) is 7.93. The molecular formula is C19H37BF4N2. The quantitative estimate of drug-likeness (QED) is 0.324. The van der Waals surface area contributed by atoms with Gasteiger partial charge in [0.15, 0.2) is 0 Å². The Morgan fingerprint density at radius 3 is 1.50 bits per heavy atom. The first-order valence-corrected chi connectivity index (χ1v) is 9.10. The minimum absolute atomic E-state index is 0.140. The molecule has 154 valence electrons. The first-order valence-electron chi connectivity index (χ1n) is 9.10. The van der Waals surface area contributed by atoms with Crippen LogP contribution < -0.4 is 4.57 Å². The zero-order valence-corrected chi connectivity index (χ0v) is 18.1. The van der Waals surface area contributed by atoms with E-state index in [0.717, 1.165) is 12.8 Å². The molecule has 1 rings (SSSR count). The number of hydrogen-bond acceptors (Lipinski definition) is 0. The molecule has 1 aromatic rings. The van der Waals surface area contributed by atoms with E-state index in [0.29, 0.717) is 10.8 Å². The van der Waals surface area contributed by atoms with Gasteiger partial charge in [0.2, 0.25) is 6.33 Å². The van der Waals surface area contributed by atoms with E-state index in [-0.39, 0.29) is 11.1 Å². The fourth-order valence-corrected chi connectivity index (χ4v) is 3.85. The van der Waals surface area contributed by atoms with Crippen molar-refractivity contribution in [3.05, 3.63) is 18.7 Å². The molecule has 0 aromatic carbocycles. The van der Waals surface area contributed by atoms with Crippen molar-refractivity contribution in [3.63, 3.8) is 0 Å². The summed E-state index contributed by atoms with van der Waals surface area (Å²) in [6, 6.07) is 0. The molecule has 0 saturated carbocycles. The van der Waals surface area contributed by atoms with Gasteiger partial charge in [-0.15, -0.1) is 0 Å². The van der Waals surface area contributed by atoms with Crippen molar-refractivity contribution in [3.8, 4) is 0 Å². The fourth-order valence-electron chi connectivity index (χ4n) is 3.85. The van der Waals surface area contributed by atoms with Gasteiger partial charge in [-0.3, -0.25) is 0 Å². The van der Waals surface area contributed by atoms with Gasteiger partial charge < -0.3 is 17.3 Å². The minimum atomic E-state index is -6.00. The van der Waals surface area contributed by atoms with Crippen molar-refractivity contribution >= 4 is 7.25 Å². The third-order valence-electron chi connectivity index (χ3n) is 3.96. The Kier molecular flexibility index (Phi) is 7.63. The van der Waals surface area contributed by atoms with Crippen LogP contribution in [-0.4, -0.2) is 11.8 Å². The molecule has 1 heterocycles. The summed E-state index contributed by atoms with van der Waals surface area (Å²) in [6.07, 6.45) is 9.08. The van der Waals surface area contributed by atoms with Crippen molar-refractivity contribution in [1.82, 2.24) is 4.57 Å². The van der Waals surface area contributed by atoms with Crippen molar-refractivity contribution in [2.45, 2.75) is 93.2 Å². The largest absolute Gasteiger partial charge is 0.673 e. The number of imidazole rings is 1. The molecule has 0 unspecified atom stereocenters. The summed E-state index contributed by atoms with van der Waals surface area (Å²) in [6.45, 7) is 23.2. The van der Waals surface area contributed by atoms with E-state index in [1.165, 1.54) is 0 Å². The lowest BCUT2D eigenvalue weighted by atomic mass is 9.81. The predicted octanol–water partition coefficient (Wildman–Crippen LogP) is 6.42. The highest BCUT2D eigenvalue weighted by molar-refractivity contribution is 6.50. The first-order chi connectivity index (χ1) is 11.1. The maximum absolute atomic E-state index is 9.75. The molecule has 7 heteroatoms. The van der Waals surface area contributed by atoms with Crippen LogP contribution in [-0.2, 0) is 11.1 Å². The highest BCUT2D eigenvalue weighted by atomic mass is 19.5. The number of nitrogens with zero attached hydrogens (tertiary/aromatic N) is 2. The molecular weight excluding hydrogens is 343 g/mol. The van der Waals surface area contributed by atoms with Crippen LogP contribution in [0.25, 0.3) is 0 Å². The Bertz CT molecular complexity index is 513. The van der Waals surface area contributed by atoms with E-state index in [2.05, 4.69) is 97.1 Å². The van der Waals surface area contributed by atoms with Crippen molar-refractivity contribution in [2.75, 3.05) is 0 Å². The maximum atomic E-state index is 9.75. The van der Waals surface area contributed by atoms with Gasteiger partial charge in [-0.05, 0) is 51.4 Å². The normalized spacial score (nSPS) is 14.1. The Morgan fingerprint density at radius 1 is 0.769 bits per heavy atom. The average molecular weight is 380 g/mol. The van der Waals surface area contributed by atoms with E-state index in [4.69, 9.17) is 0 Å². The van der Waals surface area contributed by atoms with Crippen LogP contribution in [0.2, 0.25) is 0 Å². The summed E-state index contributed by atoms with van der Waals surface area (Å²) >= 11 is 0. The minimum Gasteiger partial charge on any atom is -0.418 e. The molecule has 26 heavy (non-hydrogen) atoms. The van der Waals surface area contributed by atoms with Crippen LogP contribution in [0.4, 0.5) is 17.3 Å². The summed E-state index contributed by atoms with van der Waals surface area (Å²) in [5, 5.41) is 0. The van der Waals surface area contributed by atoms with E-state index in [1.807, 2.05) is 0 Å². The van der Waals surface area contributed by atoms with Crippen molar-refractivity contribution < 1.29 is 21.8 Å². The summed E-state index contributed by atoms with van der Waals surface area (Å²) in [4.78, 5) is 0. The molecule has 0 saturated heterocycles. The summed E-state index contributed by atoms with van der Waals surface area (Å²) < 4.78 is 43.8. The van der Waals surface area contributed by atoms with E-state index in [9.17, 15) is 17.3 Å². The van der Waals surface area contributed by atoms with Gasteiger partial charge in [-0.1, -0.05) is 41.5 Å². The SMILES string of the molecule is CC(C)(C)CC(C)(C)n1cc[n+](C(C)(C)CC(C)(C)C)c1.F[B-](F)(F)F. The Labute approximate surface area is 157 Å². The van der Waals surface area contributed by atoms with Gasteiger partial charge in [0.25, 0.3) is 0 Å². The monoisotopic (exact) mass is 380 g/mol. The van der Waals surface area contributed by atoms with Crippen LogP contribution in [0, 0.1) is 10.8 Å². The highest BCUT2D eigenvalue weighted by Crippen LogP contribution is 2.32. The zero-order chi connectivity index (χ0) is 21.2. The number of aromatic nitrogens is 2. The summed E-state index contributed by atoms with van der Waals surface area (Å²) in [7, 11) is -6.00. The smallest absolute Gasteiger partial charge is 0.418 e. The molecule has 0 fully saturated rings. The lowest BCUT2D eigenvalue weighted by Gasteiger charge is -2.31. The zero-order valence-electron chi connectivity index (χ0n) is 18.1. The number of hydrogen-bond donors (Lipinski definition) is 0. The van der Waals surface area contributed by atoms with Gasteiger partial charge >= 0.3 is 7.25 Å². The summed E-state index contributed by atoms with van der Waals surface area (Å²) in [5.41, 5.74) is 0.946. The molecule has 0 radical (unpaired) electrons. The third kappa shape index (κ3) is 10.9. The molecule has 0 aliphatic carbocycles. The topological polar surface area (TPSA) is 8.81 Å². The van der Waals surface area contributed by atoms with Crippen LogP contribution >= 0.6 is 0 Å². The molecule has 0 spiro atoms. The van der Waals surface area contributed by atoms with Gasteiger partial charge in [0.05, 0.1) is 0 Å². The molecule has 0 aliphatic rings. The van der Waals surface area contributed by atoms with E-state index in [1.54, 1.807) is 0 Å². The van der Waals surface area contributed by atoms with Crippen molar-refractivity contribution in [1.29, 1.82) is 0 Å². The maximum Gasteiger partial charge on any atom is 0.673 e. The number of halogens is 4. The van der Waals surface area contributed by atoms with Gasteiger partial charge in [-0.2, -0.15) is 0 Å². The van der Waals surface area contributed by atoms with Gasteiger partial charge in [-0.25, -0.2) is 9.13 Å². The second-order valence-electron chi connectivity index (χ2n) is 10.8. The summed E-state index contributed by atoms with van der Waals surface area (Å²) in [5.74, 6) is 0. The molecule has 0 bridgehead atoms. The lowest BCUT2D eigenvalue weighted by molar-refractivity contribution is -0.760. The Balaban J connectivity index is 0.00000110. The molecule has 0 aliphatic heterocycles. The molecule has 0 amide bonds. The predicted molar refractivity (Wildman–Crippen MR) is 102 cm³/mol. The van der Waals surface area contributed by atoms with Gasteiger partial charge in [0.1, 0.15) is 23.5 Å². The fraction of sp³-hybridized carbons (Fsp3) is 0.842. The van der Waals surface area contributed by atoms with Crippen LogP contribution in [0.5, 0.6) is 0 Å². The molecule has 0 atom stereocenters. The average Bonchev–Trinajstić information content (AvgIpc) is 2.68. The Hall–Kier alpha value is -1.01. The number of rotatable bonds is 4. The Morgan fingerprint density at radius 2 is 1.15 bits per heavy atom. The second-order valence-corrected chi connectivity index (χ2v) is 10.8. The van der Waals surface area contributed by atoms with Crippen LogP contribution in [0.3, 0.4) is 0 Å². The van der Waals surface area contributed by atoms with E-state index < -0.39 is 7.25 Å². The van der Waals surface area contributed by atoms with E-state index >= 15 is 0 Å². The van der Waals surface area contributed by atoms with Crippen molar-refractivity contribution in [2.24, 2.45) is 10.8 Å². The standard InChI is InChI=1S/C19H37N2.BF4/c1-16(2,3)13-18(7,8)20-11-12-21(15-20)19(9,10)14-17(4,5)6;2-1(3,4)5/h11-12,15H,13-14H2,1-10H3;/q+1;-1. The molecule has 1 aromatic heterocycles. The first kappa shape index (κ1) is 25.0. The highest BCUT2D eigenvalue weighted by Gasteiger charge is 2.35. The lowest BCUT2D eigenvalue weighted by Crippen LogP contribution is -2.53. The van der Waals surface area contributed by atoms with Gasteiger partial charge in [0, 0.05) is 0 Å². The third-order valence-corrected chi connectivity index (χ3v) is 3.96. The molecule has 2 nitrogen and oxygen atoms in total. The van der Waals surface area contributed by atoms with Crippen LogP contribution in [0.1, 0.15) is 82.1 Å². The molecule has 0 N–H and O–H groups in total.